The van der Waals surface area contributed by atoms with Gasteiger partial charge in [0.25, 0.3) is 5.91 Å². The summed E-state index contributed by atoms with van der Waals surface area (Å²) in [5, 5.41) is 0. The monoisotopic (exact) mass is 342 g/mol. The lowest BCUT2D eigenvalue weighted by molar-refractivity contribution is 0.0997. The third kappa shape index (κ3) is 3.12. The minimum atomic E-state index is -0.198. The highest BCUT2D eigenvalue weighted by Crippen LogP contribution is 2.21. The van der Waals surface area contributed by atoms with Crippen LogP contribution in [0.2, 0.25) is 0 Å². The highest BCUT2D eigenvalue weighted by molar-refractivity contribution is 7.98. The first-order chi connectivity index (χ1) is 11.0. The Bertz CT molecular complexity index is 967. The van der Waals surface area contributed by atoms with Crippen molar-refractivity contribution >= 4 is 39.2 Å². The van der Waals surface area contributed by atoms with Gasteiger partial charge in [-0.1, -0.05) is 17.4 Å². The topological polar surface area (TPSA) is 34.4 Å². The number of carbonyl (C=O) groups is 1. The van der Waals surface area contributed by atoms with Crippen LogP contribution >= 0.6 is 23.1 Å². The van der Waals surface area contributed by atoms with Crippen LogP contribution in [0.5, 0.6) is 0 Å². The van der Waals surface area contributed by atoms with Gasteiger partial charge >= 0.3 is 0 Å². The lowest BCUT2D eigenvalue weighted by atomic mass is 10.1. The van der Waals surface area contributed by atoms with Crippen molar-refractivity contribution in [3.05, 3.63) is 57.9 Å². The van der Waals surface area contributed by atoms with Crippen LogP contribution in [-0.4, -0.2) is 16.7 Å². The number of nitrogens with zero attached hydrogens (tertiary/aromatic N) is 2. The fourth-order valence-electron chi connectivity index (χ4n) is 2.39. The fraction of sp³-hybridized carbons (Fsp3) is 0.222. The van der Waals surface area contributed by atoms with Crippen molar-refractivity contribution in [3.63, 3.8) is 0 Å². The van der Waals surface area contributed by atoms with E-state index in [4.69, 9.17) is 0 Å². The molecule has 0 aliphatic heterocycles. The number of benzene rings is 2. The van der Waals surface area contributed by atoms with Gasteiger partial charge in [-0.15, -0.1) is 11.8 Å². The lowest BCUT2D eigenvalue weighted by Gasteiger charge is -2.01. The molecule has 0 bridgehead atoms. The first kappa shape index (κ1) is 16.0. The van der Waals surface area contributed by atoms with E-state index in [9.17, 15) is 4.79 Å². The highest BCUT2D eigenvalue weighted by Gasteiger charge is 2.09. The Hall–Kier alpha value is -1.85. The van der Waals surface area contributed by atoms with E-state index >= 15 is 0 Å². The van der Waals surface area contributed by atoms with Crippen molar-refractivity contribution in [2.45, 2.75) is 18.7 Å². The summed E-state index contributed by atoms with van der Waals surface area (Å²) in [7, 11) is 1.96. The van der Waals surface area contributed by atoms with E-state index < -0.39 is 0 Å². The summed E-state index contributed by atoms with van der Waals surface area (Å²) in [5.41, 5.74) is 4.24. The number of carbonyl (C=O) groups excluding carboxylic acids is 1. The first-order valence-electron chi connectivity index (χ1n) is 7.29. The molecule has 0 radical (unpaired) electrons. The smallest absolute Gasteiger partial charge is 0.279 e. The zero-order valence-electron chi connectivity index (χ0n) is 13.6. The molecule has 1 aromatic heterocycles. The second-order valence-electron chi connectivity index (χ2n) is 5.50. The average molecular weight is 342 g/mol. The van der Waals surface area contributed by atoms with Crippen LogP contribution in [0.25, 0.3) is 10.2 Å². The van der Waals surface area contributed by atoms with Gasteiger partial charge in [-0.2, -0.15) is 4.99 Å². The van der Waals surface area contributed by atoms with Crippen molar-refractivity contribution in [2.75, 3.05) is 6.26 Å². The molecule has 1 heterocycles. The molecular weight excluding hydrogens is 324 g/mol. The molecule has 0 saturated carbocycles. The molecule has 0 aliphatic rings. The van der Waals surface area contributed by atoms with Gasteiger partial charge in [-0.25, -0.2) is 0 Å². The largest absolute Gasteiger partial charge is 0.319 e. The summed E-state index contributed by atoms with van der Waals surface area (Å²) in [6.45, 7) is 4.20. The van der Waals surface area contributed by atoms with E-state index in [0.29, 0.717) is 5.56 Å². The number of fused-ring (bicyclic) bond motifs is 1. The number of rotatable bonds is 2. The maximum atomic E-state index is 12.5. The van der Waals surface area contributed by atoms with Crippen molar-refractivity contribution in [1.29, 1.82) is 0 Å². The van der Waals surface area contributed by atoms with Crippen molar-refractivity contribution in [3.8, 4) is 0 Å². The fourth-order valence-corrected chi connectivity index (χ4v) is 3.95. The molecule has 118 valence electrons. The van der Waals surface area contributed by atoms with Gasteiger partial charge < -0.3 is 4.57 Å². The zero-order valence-corrected chi connectivity index (χ0v) is 15.2. The van der Waals surface area contributed by atoms with E-state index in [1.807, 2.05) is 42.1 Å². The second-order valence-corrected chi connectivity index (χ2v) is 7.39. The maximum absolute atomic E-state index is 12.5. The number of aryl methyl sites for hydroxylation is 3. The van der Waals surface area contributed by atoms with Gasteiger partial charge in [0, 0.05) is 17.5 Å². The van der Waals surface area contributed by atoms with Crippen molar-refractivity contribution in [1.82, 2.24) is 4.57 Å². The van der Waals surface area contributed by atoms with Gasteiger partial charge in [0.2, 0.25) is 0 Å². The summed E-state index contributed by atoms with van der Waals surface area (Å²) in [6, 6.07) is 11.9. The van der Waals surface area contributed by atoms with Crippen LogP contribution in [0, 0.1) is 13.8 Å². The van der Waals surface area contributed by atoms with Gasteiger partial charge in [0.15, 0.2) is 4.80 Å². The van der Waals surface area contributed by atoms with E-state index in [2.05, 4.69) is 31.0 Å². The Labute approximate surface area is 143 Å². The third-order valence-corrected chi connectivity index (χ3v) is 5.76. The molecule has 2 aromatic carbocycles. The summed E-state index contributed by atoms with van der Waals surface area (Å²) in [4.78, 5) is 18.6. The normalized spacial score (nSPS) is 12.1. The second kappa shape index (κ2) is 6.34. The van der Waals surface area contributed by atoms with E-state index in [1.165, 1.54) is 11.1 Å². The molecule has 3 aromatic rings. The number of hydrogen-bond donors (Lipinski definition) is 0. The van der Waals surface area contributed by atoms with Gasteiger partial charge in [0.05, 0.1) is 10.2 Å². The Morgan fingerprint density at radius 2 is 1.91 bits per heavy atom. The predicted molar refractivity (Wildman–Crippen MR) is 98.4 cm³/mol. The molecule has 23 heavy (non-hydrogen) atoms. The molecule has 0 atom stereocenters. The number of thiazole rings is 1. The summed E-state index contributed by atoms with van der Waals surface area (Å²) in [6.07, 6.45) is 2.00. The Balaban J connectivity index is 2.10. The molecule has 3 nitrogen and oxygen atoms in total. The molecule has 0 fully saturated rings. The maximum Gasteiger partial charge on any atom is 0.279 e. The molecule has 3 rings (SSSR count). The minimum Gasteiger partial charge on any atom is -0.319 e. The molecule has 1 amide bonds. The lowest BCUT2D eigenvalue weighted by Crippen LogP contribution is -2.13. The van der Waals surface area contributed by atoms with Crippen molar-refractivity contribution < 1.29 is 4.79 Å². The van der Waals surface area contributed by atoms with Gasteiger partial charge in [0.1, 0.15) is 0 Å². The molecule has 0 unspecified atom stereocenters. The Kier molecular flexibility index (Phi) is 4.41. The third-order valence-electron chi connectivity index (χ3n) is 3.94. The van der Waals surface area contributed by atoms with E-state index in [1.54, 1.807) is 23.1 Å². The zero-order chi connectivity index (χ0) is 16.6. The molecular formula is C18H18N2OS2. The number of thioether (sulfide) groups is 1. The predicted octanol–water partition coefficient (Wildman–Crippen LogP) is 4.32. The first-order valence-corrected chi connectivity index (χ1v) is 9.33. The molecule has 0 N–H and O–H groups in total. The van der Waals surface area contributed by atoms with Gasteiger partial charge in [-0.3, -0.25) is 4.79 Å². The van der Waals surface area contributed by atoms with E-state index in [0.717, 1.165) is 19.9 Å². The number of aromatic nitrogens is 1. The van der Waals surface area contributed by atoms with Crippen molar-refractivity contribution in [2.24, 2.45) is 12.0 Å². The van der Waals surface area contributed by atoms with Crippen LogP contribution in [0.4, 0.5) is 0 Å². The number of amides is 1. The Morgan fingerprint density at radius 1 is 1.17 bits per heavy atom. The standard InChI is InChI=1S/C18H18N2OS2/c1-11-8-15-16(9-12(11)2)23-18(20(15)3)19-17(21)13-6-5-7-14(10-13)22-4/h5-10H,1-4H3. The van der Waals surface area contributed by atoms with Crippen LogP contribution in [0.15, 0.2) is 46.3 Å². The van der Waals surface area contributed by atoms with Gasteiger partial charge in [-0.05, 0) is 61.6 Å². The Morgan fingerprint density at radius 3 is 2.65 bits per heavy atom. The quantitative estimate of drug-likeness (QED) is 0.650. The van der Waals surface area contributed by atoms with Crippen LogP contribution in [-0.2, 0) is 7.05 Å². The summed E-state index contributed by atoms with van der Waals surface area (Å²) < 4.78 is 3.14. The molecule has 0 spiro atoms. The SMILES string of the molecule is CSc1cccc(C(=O)N=c2sc3cc(C)c(C)cc3n2C)c1. The van der Waals surface area contributed by atoms with E-state index in [-0.39, 0.29) is 5.91 Å². The van der Waals surface area contributed by atoms with Crippen LogP contribution < -0.4 is 4.80 Å². The molecule has 5 heteroatoms. The molecule has 0 saturated heterocycles. The summed E-state index contributed by atoms with van der Waals surface area (Å²) in [5.74, 6) is -0.198. The van der Waals surface area contributed by atoms with Crippen LogP contribution in [0.1, 0.15) is 21.5 Å². The summed E-state index contributed by atoms with van der Waals surface area (Å²) >= 11 is 3.17. The average Bonchev–Trinajstić information content (AvgIpc) is 2.84. The number of hydrogen-bond acceptors (Lipinski definition) is 3. The van der Waals surface area contributed by atoms with Crippen LogP contribution in [0.3, 0.4) is 0 Å². The highest BCUT2D eigenvalue weighted by atomic mass is 32.2. The molecule has 0 aliphatic carbocycles. The minimum absolute atomic E-state index is 0.198.